The Morgan fingerprint density at radius 2 is 1.72 bits per heavy atom. The molecular weight excluding hydrogens is 848 g/mol. The zero-order chi connectivity index (χ0) is 29.0. The van der Waals surface area contributed by atoms with Gasteiger partial charge < -0.3 is 29.3 Å². The Balaban J connectivity index is 0.00000533. The van der Waals surface area contributed by atoms with Crippen molar-refractivity contribution in [1.29, 1.82) is 0 Å². The van der Waals surface area contributed by atoms with Crippen molar-refractivity contribution in [3.63, 3.8) is 0 Å². The summed E-state index contributed by atoms with van der Waals surface area (Å²) < 4.78 is 18.7. The molecule has 3 aliphatic rings. The van der Waals surface area contributed by atoms with Gasteiger partial charge in [-0.2, -0.15) is 0 Å². The van der Waals surface area contributed by atoms with Crippen LogP contribution in [0.1, 0.15) is 54.4 Å². The van der Waals surface area contributed by atoms with Crippen LogP contribution in [0.4, 0.5) is 0 Å². The van der Waals surface area contributed by atoms with Gasteiger partial charge in [-0.3, -0.25) is 9.59 Å². The minimum absolute atomic E-state index is 0. The van der Waals surface area contributed by atoms with Gasteiger partial charge in [0.15, 0.2) is 5.78 Å². The summed E-state index contributed by atoms with van der Waals surface area (Å²) in [6.07, 6.45) is -1.75. The summed E-state index contributed by atoms with van der Waals surface area (Å²) >= 11 is 0. The molecule has 0 aromatic rings. The summed E-state index contributed by atoms with van der Waals surface area (Å²) in [5, 5.41) is 33.6. The zero-order valence-corrected chi connectivity index (χ0v) is 35.4. The van der Waals surface area contributed by atoms with Gasteiger partial charge in [-0.15, -0.1) is 35.7 Å². The average Bonchev–Trinajstić information content (AvgIpc) is 2.77. The monoisotopic (exact) mass is 891 g/mol. The van der Waals surface area contributed by atoms with Crippen LogP contribution in [0.2, 0.25) is 0 Å². The van der Waals surface area contributed by atoms with Crippen LogP contribution in [0.15, 0.2) is 11.6 Å². The van der Waals surface area contributed by atoms with Gasteiger partial charge in [0.2, 0.25) is 0 Å². The fourth-order valence-electron chi connectivity index (χ4n) is 6.63. The first kappa shape index (κ1) is 38.3. The van der Waals surface area contributed by atoms with E-state index in [0.717, 1.165) is 5.57 Å². The third kappa shape index (κ3) is 7.75. The quantitative estimate of drug-likeness (QED) is 0.166. The van der Waals surface area contributed by atoms with Crippen LogP contribution in [-0.4, -0.2) is 69.8 Å². The minimum Gasteiger partial charge on any atom is -0.462 e. The number of hydrogen-bond acceptors (Lipinski definition) is 8. The second-order valence-corrected chi connectivity index (χ2v) is 35.2. The molecule has 0 bridgehead atoms. The molecule has 0 amide bonds. The SMILES string of the molecule is CC(=O)OC(C1CC(O)C(C)=CC1(C)C)C1C2(O)COC2CC(OP(P(P)P)P(P)P)C1(C)C(=O)C(C)O.[Ac]. The van der Waals surface area contributed by atoms with Crippen molar-refractivity contribution in [2.24, 2.45) is 22.7 Å². The van der Waals surface area contributed by atoms with E-state index in [0.29, 0.717) is 6.42 Å². The number of allylic oxidation sites excluding steroid dienone is 1. The van der Waals surface area contributed by atoms with Gasteiger partial charge >= 0.3 is 5.97 Å². The Morgan fingerprint density at radius 3 is 2.15 bits per heavy atom. The number of esters is 1. The van der Waals surface area contributed by atoms with E-state index in [9.17, 15) is 24.9 Å². The predicted octanol–water partition coefficient (Wildman–Crippen LogP) is 5.11. The molecule has 1 radical (unpaired) electrons. The standard InChI is InChI=1S/C23H43O8P7.Ac/c1-11-9-21(4,5)14(7-15(11)26)18(30-13(3)25)19-22(6,20(27)12(2)24)16(8-17-23(19,28)10-29-17)31-36(37(32)33)38(34)35;/h9,12,14-19,24,26,28H,7-8,10,32-35H2,1-6H3;. The first-order valence-electron chi connectivity index (χ1n) is 12.5. The molecule has 8 nitrogen and oxygen atoms in total. The van der Waals surface area contributed by atoms with Crippen LogP contribution in [0.3, 0.4) is 0 Å². The molecule has 1 aliphatic heterocycles. The summed E-state index contributed by atoms with van der Waals surface area (Å²) in [6.45, 7) is 9.06. The van der Waals surface area contributed by atoms with E-state index in [4.69, 9.17) is 14.0 Å². The maximum absolute atomic E-state index is 14.0. The van der Waals surface area contributed by atoms with Crippen molar-refractivity contribution in [2.45, 2.75) is 90.5 Å². The Kier molecular flexibility index (Phi) is 14.4. The molecule has 0 aromatic heterocycles. The van der Waals surface area contributed by atoms with E-state index >= 15 is 0 Å². The van der Waals surface area contributed by atoms with E-state index < -0.39 is 92.0 Å². The molecule has 39 heavy (non-hydrogen) atoms. The van der Waals surface area contributed by atoms with Gasteiger partial charge in [-0.1, -0.05) is 19.9 Å². The summed E-state index contributed by atoms with van der Waals surface area (Å²) in [6, 6.07) is 0. The number of aliphatic hydroxyl groups excluding tert-OH is 2. The summed E-state index contributed by atoms with van der Waals surface area (Å²) in [5.41, 5.74) is -2.56. The van der Waals surface area contributed by atoms with Crippen LogP contribution < -0.4 is 0 Å². The maximum atomic E-state index is 14.0. The fourth-order valence-corrected chi connectivity index (χ4v) is 39.5. The molecule has 221 valence electrons. The molecular formula is C23H43AcO8P7. The zero-order valence-electron chi connectivity index (χ0n) is 23.4. The van der Waals surface area contributed by atoms with Crippen molar-refractivity contribution in [3.8, 4) is 0 Å². The van der Waals surface area contributed by atoms with Crippen molar-refractivity contribution >= 4 is 69.0 Å². The summed E-state index contributed by atoms with van der Waals surface area (Å²) in [7, 11) is 10.3. The van der Waals surface area contributed by atoms with E-state index in [1.165, 1.54) is 13.8 Å². The van der Waals surface area contributed by atoms with Crippen LogP contribution >= 0.6 is 57.2 Å². The van der Waals surface area contributed by atoms with Gasteiger partial charge in [-0.25, -0.2) is 0 Å². The normalized spacial score (nSPS) is 37.3. The van der Waals surface area contributed by atoms with Crippen LogP contribution in [0.5, 0.6) is 0 Å². The Morgan fingerprint density at radius 1 is 1.15 bits per heavy atom. The second-order valence-electron chi connectivity index (χ2n) is 11.6. The molecule has 13 unspecified atom stereocenters. The second kappa shape index (κ2) is 14.7. The van der Waals surface area contributed by atoms with Crippen molar-refractivity contribution in [1.82, 2.24) is 0 Å². The molecule has 0 spiro atoms. The van der Waals surface area contributed by atoms with Crippen molar-refractivity contribution < 1.29 is 83.0 Å². The molecule has 1 saturated carbocycles. The number of rotatable bonds is 9. The Labute approximate surface area is 280 Å². The average molecular weight is 891 g/mol. The number of carbonyl (C=O) groups excluding carboxylic acids is 2. The first-order chi connectivity index (χ1) is 17.4. The third-order valence-electron chi connectivity index (χ3n) is 8.47. The van der Waals surface area contributed by atoms with E-state index in [1.54, 1.807) is 6.92 Å². The van der Waals surface area contributed by atoms with E-state index in [-0.39, 0.29) is 57.1 Å². The van der Waals surface area contributed by atoms with Crippen LogP contribution in [0, 0.1) is 66.7 Å². The van der Waals surface area contributed by atoms with Crippen molar-refractivity contribution in [3.05, 3.63) is 11.6 Å². The maximum Gasteiger partial charge on any atom is 0.302 e. The van der Waals surface area contributed by atoms with Gasteiger partial charge in [0.25, 0.3) is 0 Å². The predicted molar refractivity (Wildman–Crippen MR) is 169 cm³/mol. The Hall–Kier alpha value is 3.13. The molecule has 16 heteroatoms. The van der Waals surface area contributed by atoms with Crippen molar-refractivity contribution in [2.75, 3.05) is 6.61 Å². The summed E-state index contributed by atoms with van der Waals surface area (Å²) in [4.78, 5) is 26.6. The largest absolute Gasteiger partial charge is 0.462 e. The number of ether oxygens (including phenoxy) is 2. The number of ketones is 1. The van der Waals surface area contributed by atoms with Crippen LogP contribution in [0.25, 0.3) is 0 Å². The minimum atomic E-state index is -1.47. The topological polar surface area (TPSA) is 123 Å². The summed E-state index contributed by atoms with van der Waals surface area (Å²) in [5.74, 6) is -2.35. The number of fused-ring (bicyclic) bond motifs is 1. The number of Topliss-reactive ketones (excluding diaryl/α,β-unsaturated/α-hetero) is 1. The fraction of sp³-hybridized carbons (Fsp3) is 0.826. The van der Waals surface area contributed by atoms with Gasteiger partial charge in [-0.05, 0) is 52.2 Å². The number of hydrogen-bond donors (Lipinski definition) is 3. The molecule has 3 rings (SSSR count). The molecule has 3 N–H and O–H groups in total. The van der Waals surface area contributed by atoms with E-state index in [2.05, 4.69) is 35.7 Å². The van der Waals surface area contributed by atoms with Gasteiger partial charge in [0.1, 0.15) is 17.8 Å². The molecule has 2 aliphatic carbocycles. The molecule has 0 aromatic carbocycles. The number of aliphatic hydroxyl groups is 3. The molecule has 2 fully saturated rings. The third-order valence-corrected chi connectivity index (χ3v) is 30.9. The number of carbonyl (C=O) groups is 2. The van der Waals surface area contributed by atoms with E-state index in [1.807, 2.05) is 26.8 Å². The van der Waals surface area contributed by atoms with Gasteiger partial charge in [0.05, 0.1) is 37.9 Å². The molecule has 1 saturated heterocycles. The first-order valence-corrected chi connectivity index (χ1v) is 24.4. The molecule has 1 heterocycles. The Bertz CT molecular complexity index is 945. The van der Waals surface area contributed by atoms with Gasteiger partial charge in [0, 0.05) is 69.2 Å². The van der Waals surface area contributed by atoms with Crippen LogP contribution in [-0.2, 0) is 23.6 Å². The smallest absolute Gasteiger partial charge is 0.302 e. The molecule has 13 atom stereocenters.